The molecule has 0 saturated carbocycles. The molecule has 140 valence electrons. The molecule has 2 aromatic carbocycles. The van der Waals surface area contributed by atoms with Crippen molar-refractivity contribution in [1.29, 1.82) is 0 Å². The predicted molar refractivity (Wildman–Crippen MR) is 108 cm³/mol. The van der Waals surface area contributed by atoms with E-state index in [1.165, 1.54) is 17.4 Å². The Kier molecular flexibility index (Phi) is 5.34. The summed E-state index contributed by atoms with van der Waals surface area (Å²) < 4.78 is 23.5. The number of halogens is 1. The van der Waals surface area contributed by atoms with Crippen LogP contribution in [0.3, 0.4) is 0 Å². The van der Waals surface area contributed by atoms with E-state index in [0.717, 1.165) is 5.56 Å². The van der Waals surface area contributed by atoms with E-state index in [4.69, 9.17) is 16.7 Å². The molecule has 1 aromatic heterocycles. The molecule has 1 amide bonds. The number of benzene rings is 2. The maximum atomic E-state index is 12.6. The lowest BCUT2D eigenvalue weighted by atomic mass is 10.1. The Bertz CT molecular complexity index is 1140. The fourth-order valence-corrected chi connectivity index (χ4v) is 4.36. The van der Waals surface area contributed by atoms with Gasteiger partial charge >= 0.3 is 0 Å². The van der Waals surface area contributed by atoms with Gasteiger partial charge in [0.2, 0.25) is 10.0 Å². The number of anilines is 1. The number of nitrogens with zero attached hydrogens (tertiary/aromatic N) is 1. The number of nitrogens with two attached hydrogens (primary N) is 1. The zero-order chi connectivity index (χ0) is 19.8. The van der Waals surface area contributed by atoms with Crippen molar-refractivity contribution in [1.82, 2.24) is 4.98 Å². The monoisotopic (exact) mass is 421 g/mol. The molecule has 0 atom stereocenters. The van der Waals surface area contributed by atoms with Crippen LogP contribution in [0.25, 0.3) is 11.3 Å². The number of aryl methyl sites for hydroxylation is 1. The summed E-state index contributed by atoms with van der Waals surface area (Å²) in [6.45, 7) is 3.37. The van der Waals surface area contributed by atoms with Gasteiger partial charge in [0.15, 0.2) is 5.13 Å². The largest absolute Gasteiger partial charge is 0.298 e. The van der Waals surface area contributed by atoms with Crippen LogP contribution in [0.15, 0.2) is 46.7 Å². The number of hydrogen-bond acceptors (Lipinski definition) is 5. The molecule has 3 N–H and O–H groups in total. The van der Waals surface area contributed by atoms with E-state index in [1.807, 2.05) is 18.2 Å². The smallest absolute Gasteiger partial charge is 0.257 e. The van der Waals surface area contributed by atoms with Crippen molar-refractivity contribution < 1.29 is 13.2 Å². The molecule has 0 aliphatic rings. The Hall–Kier alpha value is -2.26. The maximum Gasteiger partial charge on any atom is 0.257 e. The van der Waals surface area contributed by atoms with Gasteiger partial charge in [-0.3, -0.25) is 10.1 Å². The first-order valence-electron chi connectivity index (χ1n) is 7.82. The van der Waals surface area contributed by atoms with Gasteiger partial charge in [-0.05, 0) is 43.2 Å². The zero-order valence-electron chi connectivity index (χ0n) is 14.5. The van der Waals surface area contributed by atoms with Gasteiger partial charge in [0, 0.05) is 21.5 Å². The second-order valence-electron chi connectivity index (χ2n) is 5.93. The van der Waals surface area contributed by atoms with Crippen molar-refractivity contribution in [2.24, 2.45) is 5.14 Å². The third-order valence-electron chi connectivity index (χ3n) is 4.06. The number of aromatic nitrogens is 1. The Morgan fingerprint density at radius 3 is 2.59 bits per heavy atom. The summed E-state index contributed by atoms with van der Waals surface area (Å²) in [6.07, 6.45) is 0. The number of sulfonamides is 1. The van der Waals surface area contributed by atoms with Gasteiger partial charge in [-0.2, -0.15) is 0 Å². The minimum Gasteiger partial charge on any atom is -0.298 e. The van der Waals surface area contributed by atoms with Gasteiger partial charge in [-0.1, -0.05) is 29.8 Å². The quantitative estimate of drug-likeness (QED) is 0.665. The summed E-state index contributed by atoms with van der Waals surface area (Å²) in [5.74, 6) is -0.469. The summed E-state index contributed by atoms with van der Waals surface area (Å²) >= 11 is 7.42. The number of carbonyl (C=O) groups excluding carboxylic acids is 1. The van der Waals surface area contributed by atoms with E-state index in [2.05, 4.69) is 10.3 Å². The Balaban J connectivity index is 1.89. The van der Waals surface area contributed by atoms with E-state index in [0.29, 0.717) is 27.0 Å². The average molecular weight is 422 g/mol. The molecule has 0 radical (unpaired) electrons. The van der Waals surface area contributed by atoms with Crippen LogP contribution < -0.4 is 10.5 Å². The predicted octanol–water partition coefficient (Wildman–Crippen LogP) is 3.98. The second-order valence-corrected chi connectivity index (χ2v) is 8.73. The Morgan fingerprint density at radius 2 is 1.93 bits per heavy atom. The summed E-state index contributed by atoms with van der Waals surface area (Å²) in [4.78, 5) is 16.9. The van der Waals surface area contributed by atoms with Crippen molar-refractivity contribution in [2.75, 3.05) is 5.32 Å². The van der Waals surface area contributed by atoms with Crippen molar-refractivity contribution in [2.45, 2.75) is 18.7 Å². The fraction of sp³-hybridized carbons (Fsp3) is 0.111. The van der Waals surface area contributed by atoms with E-state index in [1.54, 1.807) is 31.4 Å². The minimum atomic E-state index is -3.93. The molecule has 1 heterocycles. The number of primary sulfonamides is 1. The highest BCUT2D eigenvalue weighted by Crippen LogP contribution is 2.30. The molecule has 3 aromatic rings. The van der Waals surface area contributed by atoms with Crippen molar-refractivity contribution in [3.63, 3.8) is 0 Å². The van der Waals surface area contributed by atoms with Gasteiger partial charge in [0.1, 0.15) is 0 Å². The number of nitrogens with one attached hydrogen (secondary N) is 1. The van der Waals surface area contributed by atoms with Gasteiger partial charge in [0.05, 0.1) is 10.6 Å². The normalized spacial score (nSPS) is 11.4. The molecule has 0 saturated heterocycles. The van der Waals surface area contributed by atoms with Crippen LogP contribution in [0.2, 0.25) is 5.02 Å². The summed E-state index contributed by atoms with van der Waals surface area (Å²) in [7, 11) is -3.93. The van der Waals surface area contributed by atoms with Gasteiger partial charge < -0.3 is 0 Å². The maximum absolute atomic E-state index is 12.6. The van der Waals surface area contributed by atoms with Crippen LogP contribution in [0.5, 0.6) is 0 Å². The van der Waals surface area contributed by atoms with Crippen LogP contribution in [0, 0.1) is 13.8 Å². The first-order chi connectivity index (χ1) is 12.7. The van der Waals surface area contributed by atoms with Gasteiger partial charge in [-0.25, -0.2) is 18.5 Å². The number of rotatable bonds is 4. The van der Waals surface area contributed by atoms with E-state index in [9.17, 15) is 13.2 Å². The summed E-state index contributed by atoms with van der Waals surface area (Å²) in [5, 5.41) is 10.7. The standard InChI is InChI=1S/C18H16ClN3O3S2/c1-10-7-12(8-16(11(10)2)27(20,24)25)17(23)22-18-21-15(9-26-18)13-5-3-4-6-14(13)19/h3-9H,1-2H3,(H2,20,24,25)(H,21,22,23). The molecule has 0 aliphatic heterocycles. The average Bonchev–Trinajstić information content (AvgIpc) is 3.04. The molecule has 0 unspecified atom stereocenters. The number of thiazole rings is 1. The van der Waals surface area contributed by atoms with Crippen LogP contribution in [0.1, 0.15) is 21.5 Å². The van der Waals surface area contributed by atoms with E-state index < -0.39 is 15.9 Å². The molecule has 9 heteroatoms. The molecule has 0 spiro atoms. The molecule has 6 nitrogen and oxygen atoms in total. The summed E-state index contributed by atoms with van der Waals surface area (Å²) in [6, 6.07) is 10.2. The number of hydrogen-bond donors (Lipinski definition) is 2. The lowest BCUT2D eigenvalue weighted by molar-refractivity contribution is 0.102. The van der Waals surface area contributed by atoms with Gasteiger partial charge in [0.25, 0.3) is 5.91 Å². The van der Waals surface area contributed by atoms with E-state index in [-0.39, 0.29) is 10.5 Å². The highest BCUT2D eigenvalue weighted by molar-refractivity contribution is 7.89. The first kappa shape index (κ1) is 19.5. The van der Waals surface area contributed by atoms with Crippen LogP contribution >= 0.6 is 22.9 Å². The lowest BCUT2D eigenvalue weighted by Crippen LogP contribution is -2.17. The fourth-order valence-electron chi connectivity index (χ4n) is 2.55. The third kappa shape index (κ3) is 4.19. The third-order valence-corrected chi connectivity index (χ3v) is 6.19. The first-order valence-corrected chi connectivity index (χ1v) is 10.6. The topological polar surface area (TPSA) is 102 Å². The van der Waals surface area contributed by atoms with Crippen LogP contribution in [-0.4, -0.2) is 19.3 Å². The lowest BCUT2D eigenvalue weighted by Gasteiger charge is -2.10. The zero-order valence-corrected chi connectivity index (χ0v) is 16.9. The van der Waals surface area contributed by atoms with E-state index >= 15 is 0 Å². The highest BCUT2D eigenvalue weighted by Gasteiger charge is 2.18. The molecule has 0 bridgehead atoms. The molecule has 3 rings (SSSR count). The van der Waals surface area contributed by atoms with Crippen molar-refractivity contribution in [3.8, 4) is 11.3 Å². The molecular weight excluding hydrogens is 406 g/mol. The minimum absolute atomic E-state index is 0.0662. The Morgan fingerprint density at radius 1 is 1.22 bits per heavy atom. The Labute approximate surface area is 166 Å². The number of amides is 1. The van der Waals surface area contributed by atoms with Crippen LogP contribution in [0.4, 0.5) is 5.13 Å². The summed E-state index contributed by atoms with van der Waals surface area (Å²) in [5.41, 5.74) is 2.77. The number of carbonyl (C=O) groups is 1. The van der Waals surface area contributed by atoms with Crippen LogP contribution in [-0.2, 0) is 10.0 Å². The molecule has 0 aliphatic carbocycles. The van der Waals surface area contributed by atoms with Crippen molar-refractivity contribution in [3.05, 3.63) is 63.5 Å². The second kappa shape index (κ2) is 7.40. The van der Waals surface area contributed by atoms with Crippen molar-refractivity contribution >= 4 is 44.0 Å². The molecular formula is C18H16ClN3O3S2. The molecule has 0 fully saturated rings. The molecule has 27 heavy (non-hydrogen) atoms. The SMILES string of the molecule is Cc1cc(C(=O)Nc2nc(-c3ccccc3Cl)cs2)cc(S(N)(=O)=O)c1C. The highest BCUT2D eigenvalue weighted by atomic mass is 35.5. The van der Waals surface area contributed by atoms with Gasteiger partial charge in [-0.15, -0.1) is 11.3 Å².